The predicted molar refractivity (Wildman–Crippen MR) is 65.6 cm³/mol. The van der Waals surface area contributed by atoms with E-state index in [4.69, 9.17) is 5.73 Å². The zero-order chi connectivity index (χ0) is 11.0. The van der Waals surface area contributed by atoms with E-state index in [0.29, 0.717) is 5.82 Å². The molecule has 2 rings (SSSR count). The van der Waals surface area contributed by atoms with E-state index in [9.17, 15) is 0 Å². The molecule has 78 valence electrons. The average molecular weight is 266 g/mol. The van der Waals surface area contributed by atoms with E-state index in [-0.39, 0.29) is 0 Å². The number of nitrogens with two attached hydrogens (primary N) is 1. The van der Waals surface area contributed by atoms with Gasteiger partial charge in [-0.25, -0.2) is 0 Å². The molecule has 2 aromatic rings. The Bertz CT molecular complexity index is 503. The third-order valence-electron chi connectivity index (χ3n) is 2.58. The van der Waals surface area contributed by atoms with Crippen LogP contribution in [0, 0.1) is 13.8 Å². The van der Waals surface area contributed by atoms with E-state index < -0.39 is 0 Å². The highest BCUT2D eigenvalue weighted by molar-refractivity contribution is 9.10. The first-order valence-electron chi connectivity index (χ1n) is 4.67. The normalized spacial score (nSPS) is 10.6. The van der Waals surface area contributed by atoms with Crippen LogP contribution in [0.4, 0.5) is 5.82 Å². The SMILES string of the molecule is Cc1c(Br)cccc1-c1[nH]nc(N)c1C. The van der Waals surface area contributed by atoms with Crippen molar-refractivity contribution in [3.8, 4) is 11.3 Å². The Morgan fingerprint density at radius 3 is 2.60 bits per heavy atom. The number of H-pyrrole nitrogens is 1. The first kappa shape index (κ1) is 10.2. The fourth-order valence-electron chi connectivity index (χ4n) is 1.55. The first-order chi connectivity index (χ1) is 7.11. The Labute approximate surface area is 96.8 Å². The number of benzene rings is 1. The second-order valence-corrected chi connectivity index (χ2v) is 4.38. The molecule has 0 aliphatic carbocycles. The summed E-state index contributed by atoms with van der Waals surface area (Å²) in [5.41, 5.74) is 10.0. The third kappa shape index (κ3) is 1.65. The molecule has 0 fully saturated rings. The predicted octanol–water partition coefficient (Wildman–Crippen LogP) is 3.04. The van der Waals surface area contributed by atoms with Crippen molar-refractivity contribution in [3.05, 3.63) is 33.8 Å². The molecule has 3 nitrogen and oxygen atoms in total. The van der Waals surface area contributed by atoms with E-state index in [2.05, 4.69) is 39.1 Å². The van der Waals surface area contributed by atoms with Crippen molar-refractivity contribution < 1.29 is 0 Å². The highest BCUT2D eigenvalue weighted by Gasteiger charge is 2.11. The Hall–Kier alpha value is -1.29. The van der Waals surface area contributed by atoms with Crippen LogP contribution in [0.5, 0.6) is 0 Å². The lowest BCUT2D eigenvalue weighted by Crippen LogP contribution is -1.88. The molecule has 0 aliphatic heterocycles. The number of nitrogens with one attached hydrogen (secondary N) is 1. The second kappa shape index (κ2) is 3.70. The molecule has 0 spiro atoms. The highest BCUT2D eigenvalue weighted by atomic mass is 79.9. The van der Waals surface area contributed by atoms with E-state index in [1.165, 1.54) is 5.56 Å². The zero-order valence-electron chi connectivity index (χ0n) is 8.63. The molecule has 0 radical (unpaired) electrons. The molecule has 1 aromatic heterocycles. The summed E-state index contributed by atoms with van der Waals surface area (Å²) in [7, 11) is 0. The fourth-order valence-corrected chi connectivity index (χ4v) is 1.92. The second-order valence-electron chi connectivity index (χ2n) is 3.52. The standard InChI is InChI=1S/C11H12BrN3/c1-6-8(4-3-5-9(6)12)10-7(2)11(13)15-14-10/h3-5H,1-2H3,(H3,13,14,15). The van der Waals surface area contributed by atoms with Gasteiger partial charge in [0, 0.05) is 15.6 Å². The number of hydrogen-bond acceptors (Lipinski definition) is 2. The first-order valence-corrected chi connectivity index (χ1v) is 5.46. The van der Waals surface area contributed by atoms with Gasteiger partial charge in [-0.2, -0.15) is 5.10 Å². The quantitative estimate of drug-likeness (QED) is 0.833. The van der Waals surface area contributed by atoms with Crippen LogP contribution in [0.2, 0.25) is 0 Å². The molecule has 0 aliphatic rings. The van der Waals surface area contributed by atoms with Crippen molar-refractivity contribution in [2.45, 2.75) is 13.8 Å². The number of aromatic nitrogens is 2. The van der Waals surface area contributed by atoms with Gasteiger partial charge in [-0.05, 0) is 25.5 Å². The van der Waals surface area contributed by atoms with E-state index in [0.717, 1.165) is 21.3 Å². The topological polar surface area (TPSA) is 54.7 Å². The van der Waals surface area contributed by atoms with Gasteiger partial charge in [0.05, 0.1) is 5.69 Å². The minimum atomic E-state index is 0.560. The number of aromatic amines is 1. The summed E-state index contributed by atoms with van der Waals surface area (Å²) in [6.07, 6.45) is 0. The summed E-state index contributed by atoms with van der Waals surface area (Å²) < 4.78 is 1.09. The number of hydrogen-bond donors (Lipinski definition) is 2. The molecule has 0 unspecified atom stereocenters. The number of anilines is 1. The molecule has 1 aromatic carbocycles. The van der Waals surface area contributed by atoms with Crippen LogP contribution >= 0.6 is 15.9 Å². The zero-order valence-corrected chi connectivity index (χ0v) is 10.2. The largest absolute Gasteiger partial charge is 0.382 e. The Balaban J connectivity index is 2.64. The average Bonchev–Trinajstić information content (AvgIpc) is 2.53. The van der Waals surface area contributed by atoms with E-state index in [1.807, 2.05) is 19.1 Å². The third-order valence-corrected chi connectivity index (χ3v) is 3.44. The molecule has 0 bridgehead atoms. The molecule has 0 saturated carbocycles. The molecule has 0 saturated heterocycles. The Morgan fingerprint density at radius 2 is 2.00 bits per heavy atom. The van der Waals surface area contributed by atoms with Gasteiger partial charge in [-0.3, -0.25) is 5.10 Å². The van der Waals surface area contributed by atoms with E-state index >= 15 is 0 Å². The van der Waals surface area contributed by atoms with Crippen molar-refractivity contribution in [2.24, 2.45) is 0 Å². The number of rotatable bonds is 1. The summed E-state index contributed by atoms with van der Waals surface area (Å²) in [4.78, 5) is 0. The number of nitrogens with zero attached hydrogens (tertiary/aromatic N) is 1. The van der Waals surface area contributed by atoms with Crippen molar-refractivity contribution in [1.29, 1.82) is 0 Å². The lowest BCUT2D eigenvalue weighted by molar-refractivity contribution is 1.10. The van der Waals surface area contributed by atoms with Crippen LogP contribution in [-0.2, 0) is 0 Å². The maximum atomic E-state index is 5.71. The summed E-state index contributed by atoms with van der Waals surface area (Å²) in [6, 6.07) is 6.08. The van der Waals surface area contributed by atoms with Crippen molar-refractivity contribution in [3.63, 3.8) is 0 Å². The summed E-state index contributed by atoms with van der Waals surface area (Å²) >= 11 is 3.51. The minimum absolute atomic E-state index is 0.560. The lowest BCUT2D eigenvalue weighted by atomic mass is 10.0. The molecule has 0 atom stereocenters. The highest BCUT2D eigenvalue weighted by Crippen LogP contribution is 2.30. The summed E-state index contributed by atoms with van der Waals surface area (Å²) in [6.45, 7) is 4.03. The monoisotopic (exact) mass is 265 g/mol. The van der Waals surface area contributed by atoms with Gasteiger partial charge in [0.2, 0.25) is 0 Å². The van der Waals surface area contributed by atoms with Crippen LogP contribution in [-0.4, -0.2) is 10.2 Å². The van der Waals surface area contributed by atoms with Crippen molar-refractivity contribution in [1.82, 2.24) is 10.2 Å². The van der Waals surface area contributed by atoms with Crippen molar-refractivity contribution in [2.75, 3.05) is 5.73 Å². The van der Waals surface area contributed by atoms with Gasteiger partial charge in [0.1, 0.15) is 5.82 Å². The smallest absolute Gasteiger partial charge is 0.148 e. The number of nitrogen functional groups attached to an aromatic ring is 1. The maximum absolute atomic E-state index is 5.71. The molecule has 15 heavy (non-hydrogen) atoms. The van der Waals surface area contributed by atoms with E-state index in [1.54, 1.807) is 0 Å². The molecule has 1 heterocycles. The van der Waals surface area contributed by atoms with Crippen LogP contribution < -0.4 is 5.73 Å². The number of halogens is 1. The lowest BCUT2D eigenvalue weighted by Gasteiger charge is -2.06. The van der Waals surface area contributed by atoms with Gasteiger partial charge in [-0.15, -0.1) is 0 Å². The molecular weight excluding hydrogens is 254 g/mol. The summed E-state index contributed by atoms with van der Waals surface area (Å²) in [5.74, 6) is 0.560. The van der Waals surface area contributed by atoms with Gasteiger partial charge >= 0.3 is 0 Å². The molecular formula is C11H12BrN3. The Morgan fingerprint density at radius 1 is 1.27 bits per heavy atom. The van der Waals surface area contributed by atoms with Crippen LogP contribution in [0.1, 0.15) is 11.1 Å². The molecule has 3 N–H and O–H groups in total. The minimum Gasteiger partial charge on any atom is -0.382 e. The Kier molecular flexibility index (Phi) is 2.52. The van der Waals surface area contributed by atoms with Gasteiger partial charge in [0.15, 0.2) is 0 Å². The van der Waals surface area contributed by atoms with Crippen LogP contribution in [0.3, 0.4) is 0 Å². The molecule has 4 heteroatoms. The van der Waals surface area contributed by atoms with Gasteiger partial charge in [-0.1, -0.05) is 28.1 Å². The van der Waals surface area contributed by atoms with Crippen LogP contribution in [0.25, 0.3) is 11.3 Å². The fraction of sp³-hybridized carbons (Fsp3) is 0.182. The van der Waals surface area contributed by atoms with Gasteiger partial charge < -0.3 is 5.73 Å². The molecule has 0 amide bonds. The maximum Gasteiger partial charge on any atom is 0.148 e. The van der Waals surface area contributed by atoms with Crippen LogP contribution in [0.15, 0.2) is 22.7 Å². The summed E-state index contributed by atoms with van der Waals surface area (Å²) in [5, 5.41) is 6.96. The van der Waals surface area contributed by atoms with Crippen molar-refractivity contribution >= 4 is 21.7 Å². The van der Waals surface area contributed by atoms with Gasteiger partial charge in [0.25, 0.3) is 0 Å².